The van der Waals surface area contributed by atoms with Gasteiger partial charge < -0.3 is 5.73 Å². The van der Waals surface area contributed by atoms with Gasteiger partial charge in [0.05, 0.1) is 0 Å². The fraction of sp³-hybridized carbons (Fsp3) is 0.800. The molecule has 1 heterocycles. The van der Waals surface area contributed by atoms with Crippen molar-refractivity contribution < 1.29 is 0 Å². The zero-order chi connectivity index (χ0) is 13.9. The summed E-state index contributed by atoms with van der Waals surface area (Å²) in [5.41, 5.74) is 5.79. The minimum atomic E-state index is -0.0760. The summed E-state index contributed by atoms with van der Waals surface area (Å²) < 4.78 is 0. The smallest absolute Gasteiger partial charge is 0.223 e. The molecule has 1 saturated carbocycles. The maximum Gasteiger partial charge on any atom is 0.223 e. The molecule has 1 aromatic heterocycles. The number of nitrogen functional groups attached to an aromatic ring is 1. The first-order chi connectivity index (χ1) is 8.97. The van der Waals surface area contributed by atoms with Crippen molar-refractivity contribution in [1.29, 1.82) is 0 Å². The molecule has 0 radical (unpaired) electrons. The first kappa shape index (κ1) is 14.2. The second-order valence-corrected chi connectivity index (χ2v) is 6.67. The Morgan fingerprint density at radius 2 is 1.47 bits per heavy atom. The van der Waals surface area contributed by atoms with E-state index in [0.717, 1.165) is 11.6 Å². The molecule has 19 heavy (non-hydrogen) atoms. The zero-order valence-electron chi connectivity index (χ0n) is 12.4. The van der Waals surface area contributed by atoms with Crippen molar-refractivity contribution in [3.05, 3.63) is 11.6 Å². The van der Waals surface area contributed by atoms with Crippen molar-refractivity contribution in [3.63, 3.8) is 0 Å². The largest absolute Gasteiger partial charge is 0.368 e. The summed E-state index contributed by atoms with van der Waals surface area (Å²) in [6.07, 6.45) is 8.98. The molecule has 2 N–H and O–H groups in total. The van der Waals surface area contributed by atoms with E-state index in [1.165, 1.54) is 44.9 Å². The lowest BCUT2D eigenvalue weighted by atomic mass is 9.90. The SMILES string of the molecule is CC(C)(C)c1nc(N)nc(C2CCCCCCC2)n1. The highest BCUT2D eigenvalue weighted by atomic mass is 15.1. The number of anilines is 1. The summed E-state index contributed by atoms with van der Waals surface area (Å²) in [6.45, 7) is 6.34. The fourth-order valence-electron chi connectivity index (χ4n) is 2.64. The lowest BCUT2D eigenvalue weighted by Crippen LogP contribution is -2.21. The standard InChI is InChI=1S/C15H26N4/c1-15(2,3)13-17-12(18-14(16)19-13)11-9-7-5-4-6-8-10-11/h11H,4-10H2,1-3H3,(H2,16,17,18,19). The van der Waals surface area contributed by atoms with Gasteiger partial charge in [0.2, 0.25) is 5.95 Å². The maximum absolute atomic E-state index is 5.87. The number of nitrogens with zero attached hydrogens (tertiary/aromatic N) is 3. The average Bonchev–Trinajstić information content (AvgIpc) is 2.26. The van der Waals surface area contributed by atoms with E-state index in [9.17, 15) is 0 Å². The van der Waals surface area contributed by atoms with E-state index in [4.69, 9.17) is 10.7 Å². The summed E-state index contributed by atoms with van der Waals surface area (Å²) in [7, 11) is 0. The van der Waals surface area contributed by atoms with Gasteiger partial charge in [0.25, 0.3) is 0 Å². The molecule has 106 valence electrons. The number of hydrogen-bond acceptors (Lipinski definition) is 4. The Labute approximate surface area is 116 Å². The number of nitrogens with two attached hydrogens (primary N) is 1. The number of hydrogen-bond donors (Lipinski definition) is 1. The van der Waals surface area contributed by atoms with E-state index in [0.29, 0.717) is 11.9 Å². The van der Waals surface area contributed by atoms with Crippen LogP contribution in [0.1, 0.15) is 83.3 Å². The van der Waals surface area contributed by atoms with Crippen molar-refractivity contribution in [2.24, 2.45) is 0 Å². The second kappa shape index (κ2) is 5.85. The molecule has 0 amide bonds. The highest BCUT2D eigenvalue weighted by molar-refractivity contribution is 5.20. The molecule has 0 bridgehead atoms. The quantitative estimate of drug-likeness (QED) is 0.840. The molecule has 0 aromatic carbocycles. The van der Waals surface area contributed by atoms with Gasteiger partial charge in [0.1, 0.15) is 11.6 Å². The van der Waals surface area contributed by atoms with Crippen LogP contribution < -0.4 is 5.73 Å². The lowest BCUT2D eigenvalue weighted by Gasteiger charge is -2.21. The first-order valence-corrected chi connectivity index (χ1v) is 7.49. The van der Waals surface area contributed by atoms with Gasteiger partial charge in [0.15, 0.2) is 0 Å². The van der Waals surface area contributed by atoms with E-state index < -0.39 is 0 Å². The van der Waals surface area contributed by atoms with Crippen molar-refractivity contribution >= 4 is 5.95 Å². The summed E-state index contributed by atoms with van der Waals surface area (Å²) >= 11 is 0. The molecular formula is C15H26N4. The van der Waals surface area contributed by atoms with Crippen LogP contribution >= 0.6 is 0 Å². The molecular weight excluding hydrogens is 236 g/mol. The molecule has 0 unspecified atom stereocenters. The Kier molecular flexibility index (Phi) is 4.38. The van der Waals surface area contributed by atoms with Gasteiger partial charge in [-0.15, -0.1) is 0 Å². The van der Waals surface area contributed by atoms with Gasteiger partial charge in [-0.3, -0.25) is 0 Å². The molecule has 2 rings (SSSR count). The Morgan fingerprint density at radius 1 is 0.895 bits per heavy atom. The number of aromatic nitrogens is 3. The van der Waals surface area contributed by atoms with E-state index in [1.54, 1.807) is 0 Å². The summed E-state index contributed by atoms with van der Waals surface area (Å²) in [5.74, 6) is 2.57. The second-order valence-electron chi connectivity index (χ2n) is 6.67. The molecule has 4 nitrogen and oxygen atoms in total. The van der Waals surface area contributed by atoms with Crippen LogP contribution in [0.4, 0.5) is 5.95 Å². The highest BCUT2D eigenvalue weighted by Gasteiger charge is 2.23. The zero-order valence-corrected chi connectivity index (χ0v) is 12.4. The fourth-order valence-corrected chi connectivity index (χ4v) is 2.64. The Morgan fingerprint density at radius 3 is 2.05 bits per heavy atom. The van der Waals surface area contributed by atoms with Crippen LogP contribution in [0.25, 0.3) is 0 Å². The number of rotatable bonds is 1. The van der Waals surface area contributed by atoms with Crippen LogP contribution in [0, 0.1) is 0 Å². The van der Waals surface area contributed by atoms with Gasteiger partial charge in [-0.05, 0) is 12.8 Å². The summed E-state index contributed by atoms with van der Waals surface area (Å²) in [4.78, 5) is 13.4. The highest BCUT2D eigenvalue weighted by Crippen LogP contribution is 2.30. The lowest BCUT2D eigenvalue weighted by molar-refractivity contribution is 0.435. The van der Waals surface area contributed by atoms with E-state index in [-0.39, 0.29) is 5.41 Å². The minimum absolute atomic E-state index is 0.0760. The van der Waals surface area contributed by atoms with Crippen molar-refractivity contribution in [1.82, 2.24) is 15.0 Å². The summed E-state index contributed by atoms with van der Waals surface area (Å²) in [6, 6.07) is 0. The predicted octanol–water partition coefficient (Wildman–Crippen LogP) is 3.58. The molecule has 0 atom stereocenters. The topological polar surface area (TPSA) is 64.7 Å². The third-order valence-electron chi connectivity index (χ3n) is 3.81. The summed E-state index contributed by atoms with van der Waals surface area (Å²) in [5, 5.41) is 0. The van der Waals surface area contributed by atoms with Crippen LogP contribution in [0.2, 0.25) is 0 Å². The van der Waals surface area contributed by atoms with Crippen LogP contribution in [0.15, 0.2) is 0 Å². The minimum Gasteiger partial charge on any atom is -0.368 e. The monoisotopic (exact) mass is 262 g/mol. The van der Waals surface area contributed by atoms with Crippen LogP contribution in [0.5, 0.6) is 0 Å². The molecule has 0 spiro atoms. The third-order valence-corrected chi connectivity index (χ3v) is 3.81. The molecule has 0 aliphatic heterocycles. The van der Waals surface area contributed by atoms with Crippen LogP contribution in [-0.2, 0) is 5.41 Å². The van der Waals surface area contributed by atoms with E-state index in [1.807, 2.05) is 0 Å². The first-order valence-electron chi connectivity index (χ1n) is 7.49. The Hall–Kier alpha value is -1.19. The van der Waals surface area contributed by atoms with E-state index >= 15 is 0 Å². The van der Waals surface area contributed by atoms with Crippen molar-refractivity contribution in [2.45, 2.75) is 77.0 Å². The average molecular weight is 262 g/mol. The maximum atomic E-state index is 5.87. The normalized spacial score (nSPS) is 18.9. The van der Waals surface area contributed by atoms with Gasteiger partial charge in [-0.1, -0.05) is 52.9 Å². The molecule has 1 aliphatic rings. The van der Waals surface area contributed by atoms with Gasteiger partial charge in [0, 0.05) is 11.3 Å². The van der Waals surface area contributed by atoms with E-state index in [2.05, 4.69) is 30.7 Å². The molecule has 1 fully saturated rings. The molecule has 1 aromatic rings. The Balaban J connectivity index is 2.24. The molecule has 1 aliphatic carbocycles. The van der Waals surface area contributed by atoms with Gasteiger partial charge in [-0.2, -0.15) is 9.97 Å². The predicted molar refractivity (Wildman–Crippen MR) is 78.0 cm³/mol. The molecule has 0 saturated heterocycles. The Bertz CT molecular complexity index is 415. The van der Waals surface area contributed by atoms with Crippen molar-refractivity contribution in [3.8, 4) is 0 Å². The van der Waals surface area contributed by atoms with Gasteiger partial charge in [-0.25, -0.2) is 4.98 Å². The van der Waals surface area contributed by atoms with Crippen molar-refractivity contribution in [2.75, 3.05) is 5.73 Å². The molecule has 4 heteroatoms. The van der Waals surface area contributed by atoms with Crippen LogP contribution in [-0.4, -0.2) is 15.0 Å². The van der Waals surface area contributed by atoms with Crippen LogP contribution in [0.3, 0.4) is 0 Å². The third kappa shape index (κ3) is 3.88. The van der Waals surface area contributed by atoms with Gasteiger partial charge >= 0.3 is 0 Å².